The molecule has 0 radical (unpaired) electrons. The number of thioether (sulfide) groups is 1. The lowest BCUT2D eigenvalue weighted by molar-refractivity contribution is 0.814. The fourth-order valence-corrected chi connectivity index (χ4v) is 1.33. The first kappa shape index (κ1) is 8.26. The summed E-state index contributed by atoms with van der Waals surface area (Å²) in [6.45, 7) is 3.83. The molecule has 11 heavy (non-hydrogen) atoms. The van der Waals surface area contributed by atoms with Gasteiger partial charge in [0.2, 0.25) is 0 Å². The smallest absolute Gasteiger partial charge is 0.244 e. The molecule has 0 saturated carbocycles. The van der Waals surface area contributed by atoms with Gasteiger partial charge in [0.15, 0.2) is 0 Å². The Balaban J connectivity index is 3.02. The minimum Gasteiger partial charge on any atom is -0.244 e. The maximum atomic E-state index is 10.7. The molecule has 5 heteroatoms. The van der Waals surface area contributed by atoms with E-state index < -0.39 is 0 Å². The number of rotatable bonds is 2. The molecule has 0 bridgehead atoms. The van der Waals surface area contributed by atoms with Crippen molar-refractivity contribution in [1.82, 2.24) is 15.2 Å². The van der Waals surface area contributed by atoms with E-state index in [1.54, 1.807) is 0 Å². The molecule has 0 aliphatic heterocycles. The van der Waals surface area contributed by atoms with Crippen LogP contribution in [0.2, 0.25) is 0 Å². The zero-order valence-electron chi connectivity index (χ0n) is 6.42. The molecule has 0 spiro atoms. The highest BCUT2D eigenvalue weighted by atomic mass is 32.2. The number of nitrogens with zero attached hydrogens (tertiary/aromatic N) is 2. The van der Waals surface area contributed by atoms with Gasteiger partial charge < -0.3 is 0 Å². The predicted molar refractivity (Wildman–Crippen MR) is 43.8 cm³/mol. The van der Waals surface area contributed by atoms with Crippen LogP contribution in [0.3, 0.4) is 0 Å². The van der Waals surface area contributed by atoms with E-state index >= 15 is 0 Å². The fourth-order valence-electron chi connectivity index (χ4n) is 0.651. The number of aryl methyl sites for hydroxylation is 1. The van der Waals surface area contributed by atoms with Crippen LogP contribution in [0.15, 0.2) is 9.82 Å². The van der Waals surface area contributed by atoms with E-state index in [1.165, 1.54) is 11.8 Å². The van der Waals surface area contributed by atoms with Crippen LogP contribution in [0, 0.1) is 6.92 Å². The van der Waals surface area contributed by atoms with E-state index in [4.69, 9.17) is 0 Å². The normalized spacial score (nSPS) is 10.0. The quantitative estimate of drug-likeness (QED) is 0.661. The summed E-state index contributed by atoms with van der Waals surface area (Å²) in [5.41, 5.74) is 0.392. The van der Waals surface area contributed by atoms with Crippen LogP contribution in [0.25, 0.3) is 0 Å². The zero-order chi connectivity index (χ0) is 8.27. The zero-order valence-corrected chi connectivity index (χ0v) is 7.23. The molecule has 0 aliphatic rings. The van der Waals surface area contributed by atoms with Crippen LogP contribution in [-0.2, 0) is 0 Å². The van der Waals surface area contributed by atoms with Crippen molar-refractivity contribution >= 4 is 11.8 Å². The third-order valence-electron chi connectivity index (χ3n) is 1.11. The van der Waals surface area contributed by atoms with Gasteiger partial charge in [-0.15, -0.1) is 11.8 Å². The minimum absolute atomic E-state index is 0.383. The Bertz CT molecular complexity index is 296. The molecule has 4 nitrogen and oxygen atoms in total. The Hall–Kier alpha value is -0.840. The Morgan fingerprint density at radius 3 is 3.00 bits per heavy atom. The lowest BCUT2D eigenvalue weighted by Crippen LogP contribution is -2.14. The van der Waals surface area contributed by atoms with Crippen molar-refractivity contribution < 1.29 is 0 Å². The molecule has 1 heterocycles. The summed E-state index contributed by atoms with van der Waals surface area (Å²) in [5, 5.41) is 6.76. The summed E-state index contributed by atoms with van der Waals surface area (Å²) in [6.07, 6.45) is 0. The molecule has 0 atom stereocenters. The van der Waals surface area contributed by atoms with Crippen LogP contribution in [0.4, 0.5) is 0 Å². The molecule has 60 valence electrons. The first-order valence-electron chi connectivity index (χ1n) is 3.30. The maximum absolute atomic E-state index is 10.7. The molecule has 0 fully saturated rings. The van der Waals surface area contributed by atoms with Crippen molar-refractivity contribution in [1.29, 1.82) is 0 Å². The van der Waals surface area contributed by atoms with E-state index in [-0.39, 0.29) is 5.69 Å². The van der Waals surface area contributed by atoms with Crippen LogP contribution >= 0.6 is 11.8 Å². The van der Waals surface area contributed by atoms with Gasteiger partial charge >= 0.3 is 5.69 Å². The molecular weight excluding hydrogens is 162 g/mol. The van der Waals surface area contributed by atoms with Crippen molar-refractivity contribution in [2.75, 3.05) is 5.75 Å². The number of aromatic amines is 1. The second-order valence-electron chi connectivity index (χ2n) is 1.96. The van der Waals surface area contributed by atoms with Crippen molar-refractivity contribution in [2.45, 2.75) is 18.9 Å². The summed E-state index contributed by atoms with van der Waals surface area (Å²) in [5.74, 6) is 0.902. The van der Waals surface area contributed by atoms with E-state index in [2.05, 4.69) is 15.2 Å². The number of hydrogen-bond donors (Lipinski definition) is 1. The summed E-state index contributed by atoms with van der Waals surface area (Å²) in [4.78, 5) is 14.4. The second kappa shape index (κ2) is 3.52. The summed E-state index contributed by atoms with van der Waals surface area (Å²) in [7, 11) is 0. The molecule has 1 rings (SSSR count). The number of H-pyrrole nitrogens is 1. The standard InChI is InChI=1S/C6H9N3OS/c1-3-11-5-4(2)8-9-6(10)7-5/h3H2,1-2H3,(H,7,9,10). The SMILES string of the molecule is CCSc1nc(=O)[nH]nc1C. The monoisotopic (exact) mass is 171 g/mol. The minimum atomic E-state index is -0.383. The summed E-state index contributed by atoms with van der Waals surface area (Å²) >= 11 is 1.52. The van der Waals surface area contributed by atoms with Gasteiger partial charge in [0, 0.05) is 0 Å². The average Bonchev–Trinajstić information content (AvgIpc) is 1.98. The molecule has 1 aromatic rings. The van der Waals surface area contributed by atoms with Gasteiger partial charge in [-0.05, 0) is 12.7 Å². The van der Waals surface area contributed by atoms with E-state index in [9.17, 15) is 4.79 Å². The van der Waals surface area contributed by atoms with Crippen LogP contribution in [0.1, 0.15) is 12.6 Å². The topological polar surface area (TPSA) is 58.6 Å². The van der Waals surface area contributed by atoms with Crippen molar-refractivity contribution in [3.63, 3.8) is 0 Å². The van der Waals surface area contributed by atoms with Crippen molar-refractivity contribution in [3.8, 4) is 0 Å². The molecule has 1 aromatic heterocycles. The summed E-state index contributed by atoms with van der Waals surface area (Å²) < 4.78 is 0. The van der Waals surface area contributed by atoms with Gasteiger partial charge in [-0.1, -0.05) is 6.92 Å². The van der Waals surface area contributed by atoms with Gasteiger partial charge in [0.05, 0.1) is 5.69 Å². The van der Waals surface area contributed by atoms with Gasteiger partial charge in [-0.3, -0.25) is 0 Å². The number of hydrogen-bond acceptors (Lipinski definition) is 4. The summed E-state index contributed by atoms with van der Waals surface area (Å²) in [6, 6.07) is 0. The first-order chi connectivity index (χ1) is 5.24. The Labute approximate surface area is 68.4 Å². The highest BCUT2D eigenvalue weighted by Gasteiger charge is 2.00. The van der Waals surface area contributed by atoms with E-state index in [0.29, 0.717) is 0 Å². The largest absolute Gasteiger partial charge is 0.362 e. The molecule has 0 saturated heterocycles. The molecule has 0 unspecified atom stereocenters. The third kappa shape index (κ3) is 2.04. The van der Waals surface area contributed by atoms with Crippen LogP contribution in [-0.4, -0.2) is 20.9 Å². The van der Waals surface area contributed by atoms with Crippen LogP contribution < -0.4 is 5.69 Å². The van der Waals surface area contributed by atoms with E-state index in [0.717, 1.165) is 16.5 Å². The molecular formula is C6H9N3OS. The second-order valence-corrected chi connectivity index (χ2v) is 3.22. The maximum Gasteiger partial charge on any atom is 0.362 e. The lowest BCUT2D eigenvalue weighted by atomic mass is 10.5. The predicted octanol–water partition coefficient (Wildman–Crippen LogP) is 0.585. The van der Waals surface area contributed by atoms with Gasteiger partial charge in [-0.2, -0.15) is 10.1 Å². The van der Waals surface area contributed by atoms with Crippen LogP contribution in [0.5, 0.6) is 0 Å². The van der Waals surface area contributed by atoms with Gasteiger partial charge in [0.25, 0.3) is 0 Å². The molecule has 0 amide bonds. The molecule has 0 aromatic carbocycles. The number of aromatic nitrogens is 3. The third-order valence-corrected chi connectivity index (χ3v) is 2.06. The Kier molecular flexibility index (Phi) is 2.64. The molecule has 0 aliphatic carbocycles. The highest BCUT2D eigenvalue weighted by molar-refractivity contribution is 7.99. The molecule has 1 N–H and O–H groups in total. The average molecular weight is 171 g/mol. The Morgan fingerprint density at radius 2 is 2.36 bits per heavy atom. The first-order valence-corrected chi connectivity index (χ1v) is 4.28. The van der Waals surface area contributed by atoms with Gasteiger partial charge in [-0.25, -0.2) is 9.89 Å². The fraction of sp³-hybridized carbons (Fsp3) is 0.500. The van der Waals surface area contributed by atoms with Gasteiger partial charge in [0.1, 0.15) is 5.03 Å². The highest BCUT2D eigenvalue weighted by Crippen LogP contribution is 2.14. The van der Waals surface area contributed by atoms with E-state index in [1.807, 2.05) is 13.8 Å². The van der Waals surface area contributed by atoms with Crippen molar-refractivity contribution in [3.05, 3.63) is 16.2 Å². The Morgan fingerprint density at radius 1 is 1.64 bits per heavy atom. The lowest BCUT2D eigenvalue weighted by Gasteiger charge is -1.97. The van der Waals surface area contributed by atoms with Crippen molar-refractivity contribution in [2.24, 2.45) is 0 Å². The number of nitrogens with one attached hydrogen (secondary N) is 1.